The van der Waals surface area contributed by atoms with Crippen molar-refractivity contribution in [2.45, 2.75) is 13.8 Å². The number of nitrogens with zero attached hydrogens (tertiary/aromatic N) is 2. The number of nitro benzene ring substituents is 1. The van der Waals surface area contributed by atoms with Crippen LogP contribution in [0.25, 0.3) is 5.57 Å². The quantitative estimate of drug-likeness (QED) is 0.211. The molecule has 3 aromatic rings. The van der Waals surface area contributed by atoms with Crippen LogP contribution in [0.3, 0.4) is 0 Å². The zero-order valence-electron chi connectivity index (χ0n) is 19.9. The minimum absolute atomic E-state index is 0.0779. The predicted molar refractivity (Wildman–Crippen MR) is 137 cm³/mol. The van der Waals surface area contributed by atoms with Crippen molar-refractivity contribution in [3.63, 3.8) is 0 Å². The summed E-state index contributed by atoms with van der Waals surface area (Å²) >= 11 is 0. The van der Waals surface area contributed by atoms with Crippen molar-refractivity contribution in [1.82, 2.24) is 0 Å². The third kappa shape index (κ3) is 3.25. The van der Waals surface area contributed by atoms with Crippen molar-refractivity contribution in [2.75, 3.05) is 4.90 Å². The molecule has 0 radical (unpaired) electrons. The summed E-state index contributed by atoms with van der Waals surface area (Å²) in [5.74, 6) is -1.75. The van der Waals surface area contributed by atoms with Gasteiger partial charge < -0.3 is 0 Å². The van der Waals surface area contributed by atoms with Gasteiger partial charge in [-0.1, -0.05) is 71.8 Å². The molecule has 3 aromatic carbocycles. The number of aryl methyl sites for hydroxylation is 2. The van der Waals surface area contributed by atoms with Crippen LogP contribution in [0.15, 0.2) is 90.5 Å². The number of imide groups is 1. The number of non-ortho nitro benzene ring substituents is 1. The lowest BCUT2D eigenvalue weighted by molar-refractivity contribution is -0.384. The van der Waals surface area contributed by atoms with Gasteiger partial charge in [0.25, 0.3) is 5.69 Å². The van der Waals surface area contributed by atoms with E-state index in [-0.39, 0.29) is 29.3 Å². The Morgan fingerprint density at radius 2 is 1.17 bits per heavy atom. The Labute approximate surface area is 208 Å². The smallest absolute Gasteiger partial charge is 0.269 e. The topological polar surface area (TPSA) is 80.5 Å². The van der Waals surface area contributed by atoms with E-state index in [1.165, 1.54) is 40.3 Å². The Hall–Kier alpha value is -4.32. The van der Waals surface area contributed by atoms with Gasteiger partial charge in [0, 0.05) is 24.0 Å². The highest BCUT2D eigenvalue weighted by molar-refractivity contribution is 6.23. The first kappa shape index (κ1) is 22.2. The number of benzene rings is 3. The Balaban J connectivity index is 1.45. The van der Waals surface area contributed by atoms with Crippen LogP contribution in [0.2, 0.25) is 0 Å². The summed E-state index contributed by atoms with van der Waals surface area (Å²) in [5.41, 5.74) is 7.00. The molecule has 4 atom stereocenters. The van der Waals surface area contributed by atoms with Crippen molar-refractivity contribution < 1.29 is 14.5 Å². The van der Waals surface area contributed by atoms with E-state index >= 15 is 0 Å². The monoisotopic (exact) mass is 476 g/mol. The highest BCUT2D eigenvalue weighted by Crippen LogP contribution is 2.58. The maximum atomic E-state index is 13.7. The van der Waals surface area contributed by atoms with Crippen molar-refractivity contribution in [2.24, 2.45) is 23.7 Å². The van der Waals surface area contributed by atoms with Gasteiger partial charge in [0.05, 0.1) is 22.4 Å². The third-order valence-corrected chi connectivity index (χ3v) is 7.70. The summed E-state index contributed by atoms with van der Waals surface area (Å²) in [5, 5.41) is 11.0. The van der Waals surface area contributed by atoms with Crippen LogP contribution < -0.4 is 4.90 Å². The van der Waals surface area contributed by atoms with Gasteiger partial charge in [-0.05, 0) is 48.3 Å². The van der Waals surface area contributed by atoms with Crippen LogP contribution in [0.4, 0.5) is 11.4 Å². The summed E-state index contributed by atoms with van der Waals surface area (Å²) in [6.07, 6.45) is 4.15. The minimum atomic E-state index is -0.495. The first-order valence-corrected chi connectivity index (χ1v) is 12.0. The van der Waals surface area contributed by atoms with E-state index in [0.29, 0.717) is 5.69 Å². The molecule has 0 spiro atoms. The van der Waals surface area contributed by atoms with Crippen LogP contribution >= 0.6 is 0 Å². The van der Waals surface area contributed by atoms with Crippen molar-refractivity contribution >= 4 is 28.8 Å². The Kier molecular flexibility index (Phi) is 5.00. The molecule has 178 valence electrons. The first-order chi connectivity index (χ1) is 17.3. The van der Waals surface area contributed by atoms with E-state index in [9.17, 15) is 19.7 Å². The molecule has 1 aliphatic heterocycles. The Bertz CT molecular complexity index is 1390. The fourth-order valence-electron chi connectivity index (χ4n) is 6.01. The minimum Gasteiger partial charge on any atom is -0.274 e. The second kappa shape index (κ2) is 8.12. The lowest BCUT2D eigenvalue weighted by atomic mass is 9.85. The molecule has 0 N–H and O–H groups in total. The van der Waals surface area contributed by atoms with Gasteiger partial charge in [-0.3, -0.25) is 19.7 Å². The fraction of sp³-hybridized carbons (Fsp3) is 0.200. The molecular formula is C30H24N2O4. The van der Waals surface area contributed by atoms with Crippen LogP contribution in [0, 0.1) is 47.6 Å². The van der Waals surface area contributed by atoms with Gasteiger partial charge in [-0.15, -0.1) is 0 Å². The zero-order chi connectivity index (χ0) is 25.1. The molecule has 6 heteroatoms. The number of anilines is 1. The molecule has 36 heavy (non-hydrogen) atoms. The lowest BCUT2D eigenvalue weighted by Gasteiger charge is -2.21. The lowest BCUT2D eigenvalue weighted by Crippen LogP contribution is -2.33. The van der Waals surface area contributed by atoms with Crippen LogP contribution in [-0.4, -0.2) is 16.7 Å². The molecule has 2 amide bonds. The number of hydrogen-bond donors (Lipinski definition) is 0. The molecule has 6 nitrogen and oxygen atoms in total. The van der Waals surface area contributed by atoms with Gasteiger partial charge in [-0.2, -0.15) is 0 Å². The second-order valence-electron chi connectivity index (χ2n) is 9.84. The summed E-state index contributed by atoms with van der Waals surface area (Å²) in [6.45, 7) is 4.11. The van der Waals surface area contributed by atoms with Crippen LogP contribution in [0.5, 0.6) is 0 Å². The number of fused-ring (bicyclic) bond motifs is 5. The summed E-state index contributed by atoms with van der Waals surface area (Å²) in [6, 6.07) is 22.4. The van der Waals surface area contributed by atoms with Gasteiger partial charge >= 0.3 is 0 Å². The molecule has 0 unspecified atom stereocenters. The zero-order valence-corrected chi connectivity index (χ0v) is 19.9. The van der Waals surface area contributed by atoms with E-state index in [2.05, 4.69) is 74.5 Å². The van der Waals surface area contributed by atoms with Crippen LogP contribution in [-0.2, 0) is 9.59 Å². The molecule has 2 fully saturated rings. The van der Waals surface area contributed by atoms with E-state index in [0.717, 1.165) is 22.3 Å². The highest BCUT2D eigenvalue weighted by atomic mass is 16.6. The number of carbonyl (C=O) groups excluding carboxylic acids is 2. The number of carbonyl (C=O) groups is 2. The summed E-state index contributed by atoms with van der Waals surface area (Å²) < 4.78 is 0. The second-order valence-corrected chi connectivity index (χ2v) is 9.84. The van der Waals surface area contributed by atoms with Gasteiger partial charge in [0.15, 0.2) is 0 Å². The van der Waals surface area contributed by atoms with Crippen molar-refractivity contribution in [1.29, 1.82) is 0 Å². The first-order valence-electron chi connectivity index (χ1n) is 12.0. The average Bonchev–Trinajstić information content (AvgIpc) is 3.51. The highest BCUT2D eigenvalue weighted by Gasteiger charge is 2.62. The van der Waals surface area contributed by atoms with E-state index in [4.69, 9.17) is 0 Å². The van der Waals surface area contributed by atoms with Crippen molar-refractivity contribution in [3.8, 4) is 0 Å². The standard InChI is InChI=1S/C30H24N2O4/c1-17-3-7-19(8-4-17)25(20-9-5-18(2)6-10-20)26-23-15-16-24(26)28-27(23)29(33)31(30(28)34)21-11-13-22(14-12-21)32(35)36/h3-16,23-24,27-28H,1-2H3/t23-,24-,27-,28-/m1/s1. The number of allylic oxidation sites excluding steroid dienone is 3. The molecule has 0 aromatic heterocycles. The molecule has 6 rings (SSSR count). The molecule has 3 aliphatic rings. The number of amides is 2. The number of nitro groups is 1. The number of hydrogen-bond acceptors (Lipinski definition) is 4. The predicted octanol–water partition coefficient (Wildman–Crippen LogP) is 5.64. The SMILES string of the molecule is Cc1ccc(C(=C2[C@H]3C=C[C@H]2[C@H]2C(=O)N(c4ccc([N+](=O)[O-])cc4)C(=O)[C@@H]23)c2ccc(C)cc2)cc1. The average molecular weight is 477 g/mol. The Morgan fingerprint density at radius 3 is 1.58 bits per heavy atom. The van der Waals surface area contributed by atoms with Gasteiger partial charge in [0.1, 0.15) is 0 Å². The Morgan fingerprint density at radius 1 is 0.722 bits per heavy atom. The largest absolute Gasteiger partial charge is 0.274 e. The van der Waals surface area contributed by atoms with Gasteiger partial charge in [0.2, 0.25) is 11.8 Å². The number of rotatable bonds is 4. The fourth-order valence-corrected chi connectivity index (χ4v) is 6.01. The molecule has 2 bridgehead atoms. The van der Waals surface area contributed by atoms with Gasteiger partial charge in [-0.25, -0.2) is 4.90 Å². The van der Waals surface area contributed by atoms with Crippen molar-refractivity contribution in [3.05, 3.63) is 123 Å². The van der Waals surface area contributed by atoms with E-state index in [1.807, 2.05) is 0 Å². The van der Waals surface area contributed by atoms with Crippen LogP contribution in [0.1, 0.15) is 22.3 Å². The van der Waals surface area contributed by atoms with E-state index < -0.39 is 16.8 Å². The molecule has 2 aliphatic carbocycles. The maximum absolute atomic E-state index is 13.7. The summed E-state index contributed by atoms with van der Waals surface area (Å²) in [4.78, 5) is 39.1. The third-order valence-electron chi connectivity index (χ3n) is 7.70. The van der Waals surface area contributed by atoms with E-state index in [1.54, 1.807) is 0 Å². The molecular weight excluding hydrogens is 452 g/mol. The molecule has 1 heterocycles. The normalized spacial score (nSPS) is 23.9. The summed E-state index contributed by atoms with van der Waals surface area (Å²) in [7, 11) is 0. The molecule has 1 saturated heterocycles. The maximum Gasteiger partial charge on any atom is 0.269 e. The molecule has 1 saturated carbocycles.